The molecule has 16 heavy (non-hydrogen) atoms. The molecular formula is C11H13ClO3S. The molecule has 1 N–H and O–H groups in total. The summed E-state index contributed by atoms with van der Waals surface area (Å²) in [5.74, 6) is 0. The maximum atomic E-state index is 12.2. The second-order valence-corrected chi connectivity index (χ2v) is 6.67. The minimum Gasteiger partial charge on any atom is -0.393 e. The molecule has 1 aromatic carbocycles. The van der Waals surface area contributed by atoms with Crippen molar-refractivity contribution in [1.29, 1.82) is 0 Å². The Balaban J connectivity index is 2.36. The maximum Gasteiger partial charge on any atom is 0.182 e. The second kappa shape index (κ2) is 4.35. The van der Waals surface area contributed by atoms with Gasteiger partial charge in [-0.3, -0.25) is 0 Å². The number of hydrogen-bond acceptors (Lipinski definition) is 3. The highest BCUT2D eigenvalue weighted by Gasteiger charge is 2.35. The summed E-state index contributed by atoms with van der Waals surface area (Å²) in [6.45, 7) is 0. The zero-order valence-corrected chi connectivity index (χ0v) is 10.2. The molecule has 5 heteroatoms. The van der Waals surface area contributed by atoms with E-state index in [0.29, 0.717) is 19.3 Å². The predicted octanol–water partition coefficient (Wildman–Crippen LogP) is 2.03. The van der Waals surface area contributed by atoms with Gasteiger partial charge in [0, 0.05) is 0 Å². The molecule has 0 spiro atoms. The van der Waals surface area contributed by atoms with Crippen molar-refractivity contribution >= 4 is 21.4 Å². The average molecular weight is 261 g/mol. The Morgan fingerprint density at radius 1 is 1.25 bits per heavy atom. The number of halogens is 1. The third-order valence-corrected chi connectivity index (χ3v) is 5.66. The molecule has 0 unspecified atom stereocenters. The molecule has 0 amide bonds. The number of aliphatic hydroxyl groups is 1. The van der Waals surface area contributed by atoms with E-state index in [4.69, 9.17) is 11.6 Å². The van der Waals surface area contributed by atoms with Crippen LogP contribution in [0.2, 0.25) is 5.02 Å². The van der Waals surface area contributed by atoms with Crippen molar-refractivity contribution in [3.05, 3.63) is 29.3 Å². The van der Waals surface area contributed by atoms with Gasteiger partial charge in [-0.15, -0.1) is 0 Å². The van der Waals surface area contributed by atoms with Crippen molar-refractivity contribution in [2.75, 3.05) is 0 Å². The minimum absolute atomic E-state index is 0.177. The summed E-state index contributed by atoms with van der Waals surface area (Å²) >= 11 is 5.88. The molecule has 2 atom stereocenters. The Labute approximate surface area is 100.0 Å². The van der Waals surface area contributed by atoms with E-state index in [0.717, 1.165) is 0 Å². The fourth-order valence-corrected chi connectivity index (χ4v) is 4.40. The smallest absolute Gasteiger partial charge is 0.182 e. The summed E-state index contributed by atoms with van der Waals surface area (Å²) in [6.07, 6.45) is 0.874. The van der Waals surface area contributed by atoms with Crippen LogP contribution in [0.4, 0.5) is 0 Å². The molecule has 1 saturated carbocycles. The zero-order valence-electron chi connectivity index (χ0n) is 8.64. The van der Waals surface area contributed by atoms with Crippen LogP contribution in [-0.4, -0.2) is 24.9 Å². The van der Waals surface area contributed by atoms with E-state index in [-0.39, 0.29) is 9.92 Å². The quantitative estimate of drug-likeness (QED) is 0.885. The van der Waals surface area contributed by atoms with E-state index < -0.39 is 21.2 Å². The van der Waals surface area contributed by atoms with E-state index in [1.807, 2.05) is 0 Å². The van der Waals surface area contributed by atoms with Crippen LogP contribution in [0, 0.1) is 0 Å². The number of sulfone groups is 1. The Hall–Kier alpha value is -0.580. The molecule has 3 nitrogen and oxygen atoms in total. The SMILES string of the molecule is O=S(=O)(c1ccccc1Cl)[C@@H]1CC[C@H](O)C1. The molecule has 0 heterocycles. The van der Waals surface area contributed by atoms with Crippen LogP contribution in [-0.2, 0) is 9.84 Å². The summed E-state index contributed by atoms with van der Waals surface area (Å²) < 4.78 is 24.4. The van der Waals surface area contributed by atoms with Crippen molar-refractivity contribution in [1.82, 2.24) is 0 Å². The molecule has 2 rings (SSSR count). The van der Waals surface area contributed by atoms with Crippen molar-refractivity contribution in [3.63, 3.8) is 0 Å². The lowest BCUT2D eigenvalue weighted by Gasteiger charge is -2.12. The van der Waals surface area contributed by atoms with Crippen LogP contribution in [0.25, 0.3) is 0 Å². The topological polar surface area (TPSA) is 54.4 Å². The van der Waals surface area contributed by atoms with Crippen LogP contribution in [0.1, 0.15) is 19.3 Å². The summed E-state index contributed by atoms with van der Waals surface area (Å²) in [6, 6.07) is 6.44. The molecule has 1 aliphatic carbocycles. The summed E-state index contributed by atoms with van der Waals surface area (Å²) in [5, 5.41) is 9.14. The molecule has 0 aliphatic heterocycles. The van der Waals surface area contributed by atoms with Crippen molar-refractivity contribution in [2.24, 2.45) is 0 Å². The van der Waals surface area contributed by atoms with Gasteiger partial charge in [-0.2, -0.15) is 0 Å². The molecular weight excluding hydrogens is 248 g/mol. The van der Waals surface area contributed by atoms with E-state index in [1.54, 1.807) is 18.2 Å². The highest BCUT2D eigenvalue weighted by atomic mass is 35.5. The lowest BCUT2D eigenvalue weighted by molar-refractivity contribution is 0.183. The third kappa shape index (κ3) is 2.10. The highest BCUT2D eigenvalue weighted by Crippen LogP contribution is 2.32. The zero-order chi connectivity index (χ0) is 11.8. The lowest BCUT2D eigenvalue weighted by Crippen LogP contribution is -2.19. The second-order valence-electron chi connectivity index (χ2n) is 4.06. The predicted molar refractivity (Wildman–Crippen MR) is 62.3 cm³/mol. The largest absolute Gasteiger partial charge is 0.393 e. The molecule has 0 radical (unpaired) electrons. The van der Waals surface area contributed by atoms with Gasteiger partial charge >= 0.3 is 0 Å². The van der Waals surface area contributed by atoms with Gasteiger partial charge in [-0.1, -0.05) is 23.7 Å². The Kier molecular flexibility index (Phi) is 3.24. The van der Waals surface area contributed by atoms with Crippen molar-refractivity contribution in [3.8, 4) is 0 Å². The first-order valence-electron chi connectivity index (χ1n) is 5.18. The van der Waals surface area contributed by atoms with Gasteiger partial charge in [0.05, 0.1) is 21.3 Å². The Bertz CT molecular complexity index is 484. The number of benzene rings is 1. The van der Waals surface area contributed by atoms with Gasteiger partial charge in [0.2, 0.25) is 0 Å². The van der Waals surface area contributed by atoms with Gasteiger partial charge in [0.15, 0.2) is 9.84 Å². The normalized spacial score (nSPS) is 25.9. The van der Waals surface area contributed by atoms with E-state index in [1.165, 1.54) is 6.07 Å². The molecule has 1 aliphatic rings. The monoisotopic (exact) mass is 260 g/mol. The first-order chi connectivity index (χ1) is 7.51. The molecule has 0 saturated heterocycles. The van der Waals surface area contributed by atoms with Gasteiger partial charge in [-0.05, 0) is 31.4 Å². The standard InChI is InChI=1S/C11H13ClO3S/c12-10-3-1-2-4-11(10)16(14,15)9-6-5-8(13)7-9/h1-4,8-9,13H,5-7H2/t8-,9+/m0/s1. The van der Waals surface area contributed by atoms with Crippen LogP contribution in [0.3, 0.4) is 0 Å². The van der Waals surface area contributed by atoms with Crippen molar-refractivity contribution in [2.45, 2.75) is 35.5 Å². The molecule has 88 valence electrons. The van der Waals surface area contributed by atoms with Crippen LogP contribution >= 0.6 is 11.6 Å². The van der Waals surface area contributed by atoms with Crippen LogP contribution in [0.15, 0.2) is 29.2 Å². The Morgan fingerprint density at radius 2 is 1.94 bits per heavy atom. The number of hydrogen-bond donors (Lipinski definition) is 1. The molecule has 0 aromatic heterocycles. The van der Waals surface area contributed by atoms with Gasteiger partial charge < -0.3 is 5.11 Å². The van der Waals surface area contributed by atoms with E-state index in [9.17, 15) is 13.5 Å². The fraction of sp³-hybridized carbons (Fsp3) is 0.455. The lowest BCUT2D eigenvalue weighted by atomic mass is 10.3. The van der Waals surface area contributed by atoms with Crippen LogP contribution in [0.5, 0.6) is 0 Å². The summed E-state index contributed by atoms with van der Waals surface area (Å²) in [7, 11) is -3.39. The minimum atomic E-state index is -3.39. The molecule has 1 fully saturated rings. The molecule has 1 aromatic rings. The highest BCUT2D eigenvalue weighted by molar-refractivity contribution is 7.92. The van der Waals surface area contributed by atoms with Crippen LogP contribution < -0.4 is 0 Å². The van der Waals surface area contributed by atoms with Crippen molar-refractivity contribution < 1.29 is 13.5 Å². The third-order valence-electron chi connectivity index (χ3n) is 2.94. The average Bonchev–Trinajstić information content (AvgIpc) is 2.66. The first kappa shape index (κ1) is 11.9. The summed E-state index contributed by atoms with van der Waals surface area (Å²) in [4.78, 5) is 0.177. The first-order valence-corrected chi connectivity index (χ1v) is 7.10. The van der Waals surface area contributed by atoms with Gasteiger partial charge in [-0.25, -0.2) is 8.42 Å². The van der Waals surface area contributed by atoms with E-state index >= 15 is 0 Å². The van der Waals surface area contributed by atoms with E-state index in [2.05, 4.69) is 0 Å². The molecule has 0 bridgehead atoms. The number of aliphatic hydroxyl groups excluding tert-OH is 1. The van der Waals surface area contributed by atoms with Gasteiger partial charge in [0.1, 0.15) is 0 Å². The Morgan fingerprint density at radius 3 is 2.50 bits per heavy atom. The summed E-state index contributed by atoms with van der Waals surface area (Å²) in [5.41, 5.74) is 0. The maximum absolute atomic E-state index is 12.2. The number of rotatable bonds is 2. The fourth-order valence-electron chi connectivity index (χ4n) is 2.05. The van der Waals surface area contributed by atoms with Gasteiger partial charge in [0.25, 0.3) is 0 Å².